The lowest BCUT2D eigenvalue weighted by atomic mass is 10.0. The highest BCUT2D eigenvalue weighted by atomic mass is 16.3. The van der Waals surface area contributed by atoms with Crippen LogP contribution in [0.1, 0.15) is 136 Å². The smallest absolute Gasteiger partial charge is 0.220 e. The monoisotopic (exact) mass is 409 g/mol. The maximum absolute atomic E-state index is 12.1. The van der Waals surface area contributed by atoms with Crippen LogP contribution in [0.5, 0.6) is 0 Å². The van der Waals surface area contributed by atoms with E-state index in [2.05, 4.69) is 12.2 Å². The van der Waals surface area contributed by atoms with Crippen LogP contribution in [0.25, 0.3) is 0 Å². The predicted molar refractivity (Wildman–Crippen MR) is 127 cm³/mol. The summed E-state index contributed by atoms with van der Waals surface area (Å²) in [5.41, 5.74) is 0. The van der Waals surface area contributed by atoms with E-state index in [1.54, 1.807) is 6.08 Å². The first-order valence-corrected chi connectivity index (χ1v) is 12.8. The van der Waals surface area contributed by atoms with Crippen LogP contribution in [0.4, 0.5) is 0 Å². The molecule has 0 radical (unpaired) electrons. The van der Waals surface area contributed by atoms with Gasteiger partial charge in [0.1, 0.15) is 0 Å². The van der Waals surface area contributed by atoms with Gasteiger partial charge in [-0.3, -0.25) is 4.79 Å². The van der Waals surface area contributed by atoms with E-state index in [-0.39, 0.29) is 11.9 Å². The first kappa shape index (κ1) is 28.2. The molecule has 1 amide bonds. The summed E-state index contributed by atoms with van der Waals surface area (Å²) < 4.78 is 0. The van der Waals surface area contributed by atoms with Crippen molar-refractivity contribution in [3.63, 3.8) is 0 Å². The average molecular weight is 410 g/mol. The minimum Gasteiger partial charge on any atom is -0.387 e. The van der Waals surface area contributed by atoms with E-state index < -0.39 is 6.10 Å². The van der Waals surface area contributed by atoms with Gasteiger partial charge < -0.3 is 10.4 Å². The Morgan fingerprint density at radius 3 is 1.62 bits per heavy atom. The average Bonchev–Trinajstić information content (AvgIpc) is 2.72. The van der Waals surface area contributed by atoms with Gasteiger partial charge in [0.25, 0.3) is 0 Å². The Kier molecular flexibility index (Phi) is 21.2. The van der Waals surface area contributed by atoms with Crippen molar-refractivity contribution in [3.05, 3.63) is 12.2 Å². The molecule has 2 atom stereocenters. The SMILES string of the molecule is CC/C=C/[C@H](O)[C@@H](CC)NC(=O)CCCCCCCCCCCCCCCCC. The fraction of sp³-hybridized carbons (Fsp3) is 0.885. The number of amides is 1. The molecule has 0 bridgehead atoms. The van der Waals surface area contributed by atoms with E-state index in [4.69, 9.17) is 0 Å². The second kappa shape index (κ2) is 21.9. The summed E-state index contributed by atoms with van der Waals surface area (Å²) in [4.78, 5) is 12.1. The maximum atomic E-state index is 12.1. The van der Waals surface area contributed by atoms with Gasteiger partial charge in [0.15, 0.2) is 0 Å². The highest BCUT2D eigenvalue weighted by molar-refractivity contribution is 5.76. The molecule has 0 aromatic rings. The summed E-state index contributed by atoms with van der Waals surface area (Å²) in [6.07, 6.45) is 25.4. The molecule has 0 rings (SSSR count). The second-order valence-electron chi connectivity index (χ2n) is 8.61. The number of carbonyl (C=O) groups excluding carboxylic acids is 1. The minimum absolute atomic E-state index is 0.0792. The Bertz CT molecular complexity index is 381. The molecule has 0 saturated carbocycles. The largest absolute Gasteiger partial charge is 0.387 e. The molecule has 0 aromatic carbocycles. The topological polar surface area (TPSA) is 49.3 Å². The molecular weight excluding hydrogens is 358 g/mol. The van der Waals surface area contributed by atoms with Gasteiger partial charge in [-0.1, -0.05) is 123 Å². The molecule has 3 nitrogen and oxygen atoms in total. The fourth-order valence-electron chi connectivity index (χ4n) is 3.77. The van der Waals surface area contributed by atoms with Crippen molar-refractivity contribution in [1.29, 1.82) is 0 Å². The molecule has 0 aliphatic heterocycles. The van der Waals surface area contributed by atoms with Crippen molar-refractivity contribution in [2.45, 2.75) is 148 Å². The van der Waals surface area contributed by atoms with Gasteiger partial charge in [0.05, 0.1) is 12.1 Å². The van der Waals surface area contributed by atoms with Gasteiger partial charge >= 0.3 is 0 Å². The minimum atomic E-state index is -0.579. The van der Waals surface area contributed by atoms with Gasteiger partial charge in [-0.15, -0.1) is 0 Å². The number of nitrogens with one attached hydrogen (secondary N) is 1. The third-order valence-corrected chi connectivity index (χ3v) is 5.77. The highest BCUT2D eigenvalue weighted by Crippen LogP contribution is 2.13. The number of carbonyl (C=O) groups is 1. The summed E-state index contributed by atoms with van der Waals surface area (Å²) in [6, 6.07) is -0.165. The molecule has 0 heterocycles. The van der Waals surface area contributed by atoms with Crippen molar-refractivity contribution in [2.24, 2.45) is 0 Å². The highest BCUT2D eigenvalue weighted by Gasteiger charge is 2.16. The van der Waals surface area contributed by atoms with Gasteiger partial charge in [-0.05, 0) is 19.3 Å². The number of allylic oxidation sites excluding steroid dienone is 1. The number of hydrogen-bond acceptors (Lipinski definition) is 2. The number of unbranched alkanes of at least 4 members (excludes halogenated alkanes) is 14. The molecule has 0 aromatic heterocycles. The van der Waals surface area contributed by atoms with Crippen molar-refractivity contribution in [2.75, 3.05) is 0 Å². The van der Waals surface area contributed by atoms with E-state index >= 15 is 0 Å². The molecule has 0 aliphatic carbocycles. The van der Waals surface area contributed by atoms with E-state index in [1.165, 1.54) is 83.5 Å². The van der Waals surface area contributed by atoms with Gasteiger partial charge in [0, 0.05) is 6.42 Å². The third-order valence-electron chi connectivity index (χ3n) is 5.77. The lowest BCUT2D eigenvalue weighted by molar-refractivity contribution is -0.122. The van der Waals surface area contributed by atoms with E-state index in [0.29, 0.717) is 6.42 Å². The van der Waals surface area contributed by atoms with Gasteiger partial charge in [-0.25, -0.2) is 0 Å². The van der Waals surface area contributed by atoms with Crippen molar-refractivity contribution >= 4 is 5.91 Å². The molecule has 0 unspecified atom stereocenters. The first-order chi connectivity index (χ1) is 14.2. The second-order valence-corrected chi connectivity index (χ2v) is 8.61. The van der Waals surface area contributed by atoms with Crippen LogP contribution in [0.15, 0.2) is 12.2 Å². The van der Waals surface area contributed by atoms with Crippen LogP contribution in [0.2, 0.25) is 0 Å². The maximum Gasteiger partial charge on any atom is 0.220 e. The van der Waals surface area contributed by atoms with Crippen LogP contribution in [-0.2, 0) is 4.79 Å². The molecule has 0 saturated heterocycles. The van der Waals surface area contributed by atoms with E-state index in [1.807, 2.05) is 19.9 Å². The van der Waals surface area contributed by atoms with Crippen LogP contribution in [0.3, 0.4) is 0 Å². The van der Waals surface area contributed by atoms with Crippen molar-refractivity contribution in [1.82, 2.24) is 5.32 Å². The Morgan fingerprint density at radius 2 is 1.21 bits per heavy atom. The third kappa shape index (κ3) is 18.9. The quantitative estimate of drug-likeness (QED) is 0.152. The fourth-order valence-corrected chi connectivity index (χ4v) is 3.77. The Labute approximate surface area is 182 Å². The standard InChI is InChI=1S/C26H51NO2/c1-4-7-9-10-11-12-13-14-15-16-17-18-19-20-21-23-26(29)27-24(6-3)25(28)22-8-5-2/h8,22,24-25,28H,4-7,9-21,23H2,1-3H3,(H,27,29)/b22-8+/t24-,25+/m1/s1. The van der Waals surface area contributed by atoms with E-state index in [9.17, 15) is 9.90 Å². The molecule has 0 aliphatic rings. The van der Waals surface area contributed by atoms with Crippen LogP contribution < -0.4 is 5.32 Å². The van der Waals surface area contributed by atoms with Crippen LogP contribution >= 0.6 is 0 Å². The lowest BCUT2D eigenvalue weighted by Gasteiger charge is -2.20. The van der Waals surface area contributed by atoms with Crippen molar-refractivity contribution in [3.8, 4) is 0 Å². The summed E-state index contributed by atoms with van der Waals surface area (Å²) in [5.74, 6) is 0.0792. The molecule has 3 heteroatoms. The molecular formula is C26H51NO2. The number of hydrogen-bond donors (Lipinski definition) is 2. The van der Waals surface area contributed by atoms with Crippen molar-refractivity contribution < 1.29 is 9.90 Å². The zero-order valence-electron chi connectivity index (χ0n) is 19.9. The van der Waals surface area contributed by atoms with Gasteiger partial charge in [0.2, 0.25) is 5.91 Å². The summed E-state index contributed by atoms with van der Waals surface area (Å²) in [7, 11) is 0. The number of aliphatic hydroxyl groups excluding tert-OH is 1. The van der Waals surface area contributed by atoms with Gasteiger partial charge in [-0.2, -0.15) is 0 Å². The zero-order chi connectivity index (χ0) is 21.6. The first-order valence-electron chi connectivity index (χ1n) is 12.8. The molecule has 0 fully saturated rings. The molecule has 172 valence electrons. The number of aliphatic hydroxyl groups is 1. The predicted octanol–water partition coefficient (Wildman–Crippen LogP) is 7.47. The molecule has 29 heavy (non-hydrogen) atoms. The number of rotatable bonds is 21. The summed E-state index contributed by atoms with van der Waals surface area (Å²) in [6.45, 7) is 6.32. The molecule has 2 N–H and O–H groups in total. The molecule has 0 spiro atoms. The summed E-state index contributed by atoms with van der Waals surface area (Å²) >= 11 is 0. The lowest BCUT2D eigenvalue weighted by Crippen LogP contribution is -2.42. The normalized spacial score (nSPS) is 13.7. The zero-order valence-corrected chi connectivity index (χ0v) is 19.9. The summed E-state index contributed by atoms with van der Waals surface area (Å²) in [5, 5.41) is 13.1. The Balaban J connectivity index is 3.45. The Hall–Kier alpha value is -0.830. The van der Waals surface area contributed by atoms with E-state index in [0.717, 1.165) is 25.7 Å². The van der Waals surface area contributed by atoms with Crippen LogP contribution in [-0.4, -0.2) is 23.2 Å². The van der Waals surface area contributed by atoms with Crippen LogP contribution in [0, 0.1) is 0 Å². The Morgan fingerprint density at radius 1 is 0.759 bits per heavy atom.